The van der Waals surface area contributed by atoms with Crippen molar-refractivity contribution >= 4 is 5.69 Å². The minimum absolute atomic E-state index is 0.338. The molecule has 1 saturated carbocycles. The van der Waals surface area contributed by atoms with E-state index in [4.69, 9.17) is 5.73 Å². The summed E-state index contributed by atoms with van der Waals surface area (Å²) in [7, 11) is 2.27. The van der Waals surface area contributed by atoms with Gasteiger partial charge in [0.05, 0.1) is 5.56 Å². The van der Waals surface area contributed by atoms with E-state index in [1.165, 1.54) is 49.8 Å². The lowest BCUT2D eigenvalue weighted by Crippen LogP contribution is -2.59. The quantitative estimate of drug-likeness (QED) is 0.744. The molecule has 2 bridgehead atoms. The molecule has 1 aliphatic heterocycles. The third-order valence-electron chi connectivity index (χ3n) is 6.40. The minimum Gasteiger partial charge on any atom is -0.398 e. The maximum Gasteiger partial charge on any atom is 0.101 e. The summed E-state index contributed by atoms with van der Waals surface area (Å²) >= 11 is 0. The number of rotatable bonds is 0. The predicted molar refractivity (Wildman–Crippen MR) is 83.9 cm³/mol. The molecule has 0 unspecified atom stereocenters. The molecule has 1 saturated heterocycles. The fourth-order valence-corrected chi connectivity index (χ4v) is 5.37. The summed E-state index contributed by atoms with van der Waals surface area (Å²) < 4.78 is 0. The molecule has 0 spiro atoms. The van der Waals surface area contributed by atoms with Gasteiger partial charge in [0, 0.05) is 17.1 Å². The summed E-state index contributed by atoms with van der Waals surface area (Å²) in [4.78, 5) is 2.56. The van der Waals surface area contributed by atoms with Gasteiger partial charge in [-0.05, 0) is 68.5 Å². The lowest BCUT2D eigenvalue weighted by atomic mass is 9.52. The highest BCUT2D eigenvalue weighted by Gasteiger charge is 2.53. The molecule has 2 aliphatic carbocycles. The first-order valence-corrected chi connectivity index (χ1v) is 8.19. The highest BCUT2D eigenvalue weighted by molar-refractivity contribution is 5.60. The Balaban J connectivity index is 1.92. The van der Waals surface area contributed by atoms with Crippen molar-refractivity contribution in [1.29, 1.82) is 5.26 Å². The number of nitriles is 1. The molecule has 3 heteroatoms. The lowest BCUT2D eigenvalue weighted by molar-refractivity contribution is 0.00290. The molecule has 0 radical (unpaired) electrons. The zero-order chi connectivity index (χ0) is 14.6. The average molecular weight is 281 g/mol. The number of nitrogens with zero attached hydrogens (tertiary/aromatic N) is 2. The van der Waals surface area contributed by atoms with Gasteiger partial charge < -0.3 is 10.6 Å². The number of nitrogens with two attached hydrogens (primary N) is 1. The molecule has 2 fully saturated rings. The van der Waals surface area contributed by atoms with Crippen LogP contribution >= 0.6 is 0 Å². The summed E-state index contributed by atoms with van der Waals surface area (Å²) in [6.07, 6.45) is 7.72. The van der Waals surface area contributed by atoms with E-state index in [1.807, 2.05) is 0 Å². The van der Waals surface area contributed by atoms with Crippen molar-refractivity contribution in [1.82, 2.24) is 4.90 Å². The molecule has 3 atom stereocenters. The van der Waals surface area contributed by atoms with Gasteiger partial charge in [0.1, 0.15) is 6.07 Å². The van der Waals surface area contributed by atoms with Crippen LogP contribution in [0.15, 0.2) is 12.1 Å². The molecule has 21 heavy (non-hydrogen) atoms. The number of fused-ring (bicyclic) bond motifs is 1. The summed E-state index contributed by atoms with van der Waals surface area (Å²) in [6, 6.07) is 7.13. The zero-order valence-electron chi connectivity index (χ0n) is 12.7. The van der Waals surface area contributed by atoms with Gasteiger partial charge >= 0.3 is 0 Å². The fraction of sp³-hybridized carbons (Fsp3) is 0.611. The molecule has 1 heterocycles. The second-order valence-corrected chi connectivity index (χ2v) is 7.22. The molecule has 110 valence electrons. The number of hydrogen-bond acceptors (Lipinski definition) is 3. The Bertz CT molecular complexity index is 630. The molecule has 0 amide bonds. The third kappa shape index (κ3) is 1.69. The van der Waals surface area contributed by atoms with Crippen LogP contribution in [0, 0.1) is 17.2 Å². The molecule has 3 aliphatic rings. The Morgan fingerprint density at radius 2 is 2.19 bits per heavy atom. The number of nitrogen functional groups attached to an aromatic ring is 1. The number of piperidine rings is 1. The fourth-order valence-electron chi connectivity index (χ4n) is 5.37. The first-order valence-electron chi connectivity index (χ1n) is 8.19. The third-order valence-corrected chi connectivity index (χ3v) is 6.40. The number of likely N-dealkylation sites (N-methyl/N-ethyl adjacent to an activating group) is 1. The van der Waals surface area contributed by atoms with E-state index in [2.05, 4.69) is 30.1 Å². The van der Waals surface area contributed by atoms with Crippen molar-refractivity contribution in [3.8, 4) is 6.07 Å². The molecule has 0 aromatic heterocycles. The number of hydrogen-bond donors (Lipinski definition) is 1. The van der Waals surface area contributed by atoms with Crippen LogP contribution in [0.1, 0.15) is 48.8 Å². The van der Waals surface area contributed by atoms with Crippen molar-refractivity contribution in [2.24, 2.45) is 5.92 Å². The van der Waals surface area contributed by atoms with E-state index >= 15 is 0 Å². The molecular formula is C18H23N3. The van der Waals surface area contributed by atoms with Crippen LogP contribution in [0.4, 0.5) is 5.69 Å². The highest BCUT2D eigenvalue weighted by Crippen LogP contribution is 2.55. The topological polar surface area (TPSA) is 53.0 Å². The Kier molecular flexibility index (Phi) is 2.81. The Hall–Kier alpha value is -1.53. The molecule has 2 N–H and O–H groups in total. The van der Waals surface area contributed by atoms with Crippen LogP contribution in [0.2, 0.25) is 0 Å². The largest absolute Gasteiger partial charge is 0.398 e. The van der Waals surface area contributed by atoms with Crippen LogP contribution in [-0.2, 0) is 11.8 Å². The Morgan fingerprint density at radius 1 is 1.33 bits per heavy atom. The Morgan fingerprint density at radius 3 is 3.00 bits per heavy atom. The molecule has 4 rings (SSSR count). The van der Waals surface area contributed by atoms with Crippen LogP contribution in [0.5, 0.6) is 0 Å². The van der Waals surface area contributed by atoms with Gasteiger partial charge in [0.25, 0.3) is 0 Å². The van der Waals surface area contributed by atoms with Gasteiger partial charge in [0.2, 0.25) is 0 Å². The smallest absolute Gasteiger partial charge is 0.101 e. The molecule has 3 nitrogen and oxygen atoms in total. The maximum absolute atomic E-state index is 9.27. The van der Waals surface area contributed by atoms with Crippen molar-refractivity contribution in [2.75, 3.05) is 19.3 Å². The summed E-state index contributed by atoms with van der Waals surface area (Å²) in [5.74, 6) is 0.782. The normalized spacial score (nSPS) is 34.7. The molecule has 1 aromatic carbocycles. The summed E-state index contributed by atoms with van der Waals surface area (Å²) in [5, 5.41) is 9.27. The van der Waals surface area contributed by atoms with E-state index < -0.39 is 0 Å². The number of likely N-dealkylation sites (tertiary alicyclic amines) is 1. The van der Waals surface area contributed by atoms with E-state index in [0.29, 0.717) is 22.7 Å². The van der Waals surface area contributed by atoms with Gasteiger partial charge in [-0.1, -0.05) is 12.8 Å². The zero-order valence-corrected chi connectivity index (χ0v) is 12.7. The minimum atomic E-state index is 0.338. The first kappa shape index (κ1) is 13.2. The van der Waals surface area contributed by atoms with Gasteiger partial charge in [-0.3, -0.25) is 0 Å². The van der Waals surface area contributed by atoms with Crippen molar-refractivity contribution in [2.45, 2.75) is 50.0 Å². The second kappa shape index (κ2) is 4.48. The highest BCUT2D eigenvalue weighted by atomic mass is 15.1. The predicted octanol–water partition coefficient (Wildman–Crippen LogP) is 2.83. The maximum atomic E-state index is 9.27. The van der Waals surface area contributed by atoms with Crippen LogP contribution < -0.4 is 5.73 Å². The van der Waals surface area contributed by atoms with E-state index in [9.17, 15) is 5.26 Å². The van der Waals surface area contributed by atoms with Crippen molar-refractivity contribution in [3.05, 3.63) is 28.8 Å². The van der Waals surface area contributed by atoms with Gasteiger partial charge in [-0.15, -0.1) is 0 Å². The van der Waals surface area contributed by atoms with Crippen LogP contribution in [-0.4, -0.2) is 24.5 Å². The van der Waals surface area contributed by atoms with Gasteiger partial charge in [0.15, 0.2) is 0 Å². The number of benzene rings is 1. The lowest BCUT2D eigenvalue weighted by Gasteiger charge is -2.58. The molecular weight excluding hydrogens is 258 g/mol. The monoisotopic (exact) mass is 281 g/mol. The first-order chi connectivity index (χ1) is 10.2. The van der Waals surface area contributed by atoms with E-state index in [0.717, 1.165) is 12.3 Å². The SMILES string of the molecule is CN1CC[C@]23CCCC[C@H]2[C@H]1Cc1cc(C#N)c(N)cc13. The Labute approximate surface area is 126 Å². The second-order valence-electron chi connectivity index (χ2n) is 7.22. The standard InChI is InChI=1S/C18H23N3/c1-21-7-6-18-5-3-2-4-14(18)17(21)9-12-8-13(11-19)16(20)10-15(12)18/h8,10,14,17H,2-7,9,20H2,1H3/t14-,17+,18+/m0/s1. The van der Waals surface area contributed by atoms with E-state index in [1.54, 1.807) is 0 Å². The van der Waals surface area contributed by atoms with Crippen LogP contribution in [0.25, 0.3) is 0 Å². The van der Waals surface area contributed by atoms with E-state index in [-0.39, 0.29) is 0 Å². The van der Waals surface area contributed by atoms with Crippen LogP contribution in [0.3, 0.4) is 0 Å². The van der Waals surface area contributed by atoms with Crippen molar-refractivity contribution < 1.29 is 0 Å². The summed E-state index contributed by atoms with van der Waals surface area (Å²) in [5.41, 5.74) is 10.7. The van der Waals surface area contributed by atoms with Crippen molar-refractivity contribution in [3.63, 3.8) is 0 Å². The molecule has 1 aromatic rings. The summed E-state index contributed by atoms with van der Waals surface area (Å²) in [6.45, 7) is 1.19. The van der Waals surface area contributed by atoms with Gasteiger partial charge in [-0.25, -0.2) is 0 Å². The average Bonchev–Trinajstić information content (AvgIpc) is 2.51. The number of anilines is 1. The van der Waals surface area contributed by atoms with Gasteiger partial charge in [-0.2, -0.15) is 5.26 Å².